The number of carbonyl (C=O) groups is 1. The molecule has 25 heavy (non-hydrogen) atoms. The Bertz CT molecular complexity index is 834. The van der Waals surface area contributed by atoms with E-state index in [2.05, 4.69) is 21.2 Å². The number of anilines is 1. The van der Waals surface area contributed by atoms with E-state index in [1.54, 1.807) is 44.6 Å². The van der Waals surface area contributed by atoms with Gasteiger partial charge in [0.15, 0.2) is 23.0 Å². The quantitative estimate of drug-likeness (QED) is 0.765. The summed E-state index contributed by atoms with van der Waals surface area (Å²) in [4.78, 5) is 12.1. The van der Waals surface area contributed by atoms with Crippen LogP contribution in [0.5, 0.6) is 23.0 Å². The Morgan fingerprint density at radius 2 is 1.96 bits per heavy atom. The van der Waals surface area contributed by atoms with Crippen molar-refractivity contribution in [2.75, 3.05) is 26.3 Å². The highest BCUT2D eigenvalue weighted by molar-refractivity contribution is 9.10. The number of halogens is 1. The van der Waals surface area contributed by atoms with Crippen molar-refractivity contribution in [1.82, 2.24) is 0 Å². The third-order valence-electron chi connectivity index (χ3n) is 3.52. The first-order valence-corrected chi connectivity index (χ1v) is 8.20. The number of hydrogen-bond acceptors (Lipinski definition) is 5. The van der Waals surface area contributed by atoms with Gasteiger partial charge in [0.1, 0.15) is 0 Å². The molecule has 1 amide bonds. The normalized spacial score (nSPS) is 12.3. The lowest BCUT2D eigenvalue weighted by molar-refractivity contribution is -0.111. The Hall–Kier alpha value is -2.67. The van der Waals surface area contributed by atoms with Crippen LogP contribution in [0.2, 0.25) is 0 Å². The van der Waals surface area contributed by atoms with Gasteiger partial charge in [-0.2, -0.15) is 0 Å². The second-order valence-electron chi connectivity index (χ2n) is 5.13. The maximum absolute atomic E-state index is 12.1. The van der Waals surface area contributed by atoms with Crippen LogP contribution in [0, 0.1) is 0 Å². The molecular formula is C18H16BrNO5. The Labute approximate surface area is 153 Å². The van der Waals surface area contributed by atoms with Gasteiger partial charge in [-0.05, 0) is 51.8 Å². The number of carbonyl (C=O) groups excluding carboxylic acids is 1. The van der Waals surface area contributed by atoms with Gasteiger partial charge in [0.05, 0.1) is 18.7 Å². The van der Waals surface area contributed by atoms with Gasteiger partial charge in [-0.25, -0.2) is 0 Å². The molecular weight excluding hydrogens is 390 g/mol. The molecule has 0 saturated carbocycles. The third kappa shape index (κ3) is 3.88. The second-order valence-corrected chi connectivity index (χ2v) is 5.98. The van der Waals surface area contributed by atoms with Crippen LogP contribution in [-0.4, -0.2) is 26.9 Å². The summed E-state index contributed by atoms with van der Waals surface area (Å²) in [6.45, 7) is 0.195. The number of benzene rings is 2. The fourth-order valence-electron chi connectivity index (χ4n) is 2.36. The SMILES string of the molecule is COc1cc(C=CC(=O)Nc2ccc3c(c2)OCO3)cc(Br)c1OC. The number of ether oxygens (including phenoxy) is 4. The van der Waals surface area contributed by atoms with Gasteiger partial charge in [-0.15, -0.1) is 0 Å². The van der Waals surface area contributed by atoms with Crippen LogP contribution in [0.1, 0.15) is 5.56 Å². The smallest absolute Gasteiger partial charge is 0.248 e. The number of nitrogens with one attached hydrogen (secondary N) is 1. The van der Waals surface area contributed by atoms with Crippen LogP contribution < -0.4 is 24.3 Å². The average Bonchev–Trinajstić information content (AvgIpc) is 3.07. The first kappa shape index (κ1) is 17.2. The van der Waals surface area contributed by atoms with Gasteiger partial charge in [-0.3, -0.25) is 4.79 Å². The highest BCUT2D eigenvalue weighted by Crippen LogP contribution is 2.37. The zero-order valence-corrected chi connectivity index (χ0v) is 15.3. The number of fused-ring (bicyclic) bond motifs is 1. The topological polar surface area (TPSA) is 66.0 Å². The molecule has 0 saturated heterocycles. The summed E-state index contributed by atoms with van der Waals surface area (Å²) < 4.78 is 21.8. The first-order valence-electron chi connectivity index (χ1n) is 7.41. The van der Waals surface area contributed by atoms with E-state index in [-0.39, 0.29) is 12.7 Å². The van der Waals surface area contributed by atoms with Crippen LogP contribution in [0.3, 0.4) is 0 Å². The molecule has 6 nitrogen and oxygen atoms in total. The molecule has 0 atom stereocenters. The number of rotatable bonds is 5. The predicted octanol–water partition coefficient (Wildman–Crippen LogP) is 3.85. The molecule has 0 fully saturated rings. The summed E-state index contributed by atoms with van der Waals surface area (Å²) in [5.41, 5.74) is 1.43. The second kappa shape index (κ2) is 7.48. The van der Waals surface area contributed by atoms with Crippen LogP contribution in [0.25, 0.3) is 6.08 Å². The van der Waals surface area contributed by atoms with E-state index >= 15 is 0 Å². The lowest BCUT2D eigenvalue weighted by Crippen LogP contribution is -2.07. The monoisotopic (exact) mass is 405 g/mol. The Balaban J connectivity index is 1.71. The molecule has 1 heterocycles. The van der Waals surface area contributed by atoms with Gasteiger partial charge in [0.2, 0.25) is 12.7 Å². The maximum Gasteiger partial charge on any atom is 0.248 e. The van der Waals surface area contributed by atoms with E-state index in [4.69, 9.17) is 18.9 Å². The van der Waals surface area contributed by atoms with Crippen molar-refractivity contribution < 1.29 is 23.7 Å². The zero-order chi connectivity index (χ0) is 17.8. The number of methoxy groups -OCH3 is 2. The van der Waals surface area contributed by atoms with Crippen molar-refractivity contribution in [2.24, 2.45) is 0 Å². The summed E-state index contributed by atoms with van der Waals surface area (Å²) in [5.74, 6) is 2.20. The minimum absolute atomic E-state index is 0.195. The molecule has 0 aliphatic carbocycles. The summed E-state index contributed by atoms with van der Waals surface area (Å²) in [5, 5.41) is 2.78. The fourth-order valence-corrected chi connectivity index (χ4v) is 2.99. The maximum atomic E-state index is 12.1. The van der Waals surface area contributed by atoms with Gasteiger partial charge >= 0.3 is 0 Å². The molecule has 1 aliphatic rings. The first-order chi connectivity index (χ1) is 12.1. The van der Waals surface area contributed by atoms with Crippen molar-refractivity contribution in [3.8, 4) is 23.0 Å². The Morgan fingerprint density at radius 3 is 2.72 bits per heavy atom. The number of hydrogen-bond donors (Lipinski definition) is 1. The van der Waals surface area contributed by atoms with Gasteiger partial charge in [0, 0.05) is 17.8 Å². The molecule has 2 aromatic carbocycles. The van der Waals surface area contributed by atoms with E-state index < -0.39 is 0 Å². The van der Waals surface area contributed by atoms with E-state index in [1.807, 2.05) is 6.07 Å². The fraction of sp³-hybridized carbons (Fsp3) is 0.167. The molecule has 0 spiro atoms. The molecule has 7 heteroatoms. The van der Waals surface area contributed by atoms with E-state index in [0.29, 0.717) is 28.7 Å². The molecule has 2 aromatic rings. The van der Waals surface area contributed by atoms with Crippen LogP contribution >= 0.6 is 15.9 Å². The largest absolute Gasteiger partial charge is 0.493 e. The molecule has 0 aromatic heterocycles. The highest BCUT2D eigenvalue weighted by atomic mass is 79.9. The Morgan fingerprint density at radius 1 is 1.16 bits per heavy atom. The van der Waals surface area contributed by atoms with Crippen molar-refractivity contribution in [2.45, 2.75) is 0 Å². The molecule has 130 valence electrons. The predicted molar refractivity (Wildman–Crippen MR) is 97.5 cm³/mol. The standard InChI is InChI=1S/C18H16BrNO5/c1-22-16-8-11(7-13(19)18(16)23-2)3-6-17(21)20-12-4-5-14-15(9-12)25-10-24-14/h3-9H,10H2,1-2H3,(H,20,21). The molecule has 0 unspecified atom stereocenters. The van der Waals surface area contributed by atoms with Crippen LogP contribution in [0.15, 0.2) is 40.9 Å². The summed E-state index contributed by atoms with van der Waals surface area (Å²) in [6, 6.07) is 8.86. The summed E-state index contributed by atoms with van der Waals surface area (Å²) >= 11 is 3.42. The highest BCUT2D eigenvalue weighted by Gasteiger charge is 2.14. The van der Waals surface area contributed by atoms with Gasteiger partial charge < -0.3 is 24.3 Å². The van der Waals surface area contributed by atoms with Gasteiger partial charge in [0.25, 0.3) is 0 Å². The molecule has 1 aliphatic heterocycles. The minimum atomic E-state index is -0.259. The number of amides is 1. The van der Waals surface area contributed by atoms with E-state index in [0.717, 1.165) is 10.0 Å². The molecule has 0 bridgehead atoms. The van der Waals surface area contributed by atoms with Crippen molar-refractivity contribution in [3.05, 3.63) is 46.4 Å². The van der Waals surface area contributed by atoms with Gasteiger partial charge in [-0.1, -0.05) is 0 Å². The summed E-state index contributed by atoms with van der Waals surface area (Å²) in [6.07, 6.45) is 3.13. The van der Waals surface area contributed by atoms with Crippen molar-refractivity contribution in [1.29, 1.82) is 0 Å². The van der Waals surface area contributed by atoms with E-state index in [9.17, 15) is 4.79 Å². The molecule has 0 radical (unpaired) electrons. The van der Waals surface area contributed by atoms with Crippen LogP contribution in [-0.2, 0) is 4.79 Å². The lowest BCUT2D eigenvalue weighted by Gasteiger charge is -2.10. The zero-order valence-electron chi connectivity index (χ0n) is 13.7. The van der Waals surface area contributed by atoms with E-state index in [1.165, 1.54) is 6.08 Å². The average molecular weight is 406 g/mol. The van der Waals surface area contributed by atoms with Crippen molar-refractivity contribution >= 4 is 33.6 Å². The molecule has 3 rings (SSSR count). The van der Waals surface area contributed by atoms with Crippen molar-refractivity contribution in [3.63, 3.8) is 0 Å². The lowest BCUT2D eigenvalue weighted by atomic mass is 10.2. The minimum Gasteiger partial charge on any atom is -0.493 e. The molecule has 1 N–H and O–H groups in total. The summed E-state index contributed by atoms with van der Waals surface area (Å²) in [7, 11) is 3.13. The Kier molecular flexibility index (Phi) is 5.14. The third-order valence-corrected chi connectivity index (χ3v) is 4.11. The van der Waals surface area contributed by atoms with Crippen LogP contribution in [0.4, 0.5) is 5.69 Å².